The minimum absolute atomic E-state index is 0.0913. The fourth-order valence-electron chi connectivity index (χ4n) is 3.55. The fraction of sp³-hybridized carbons (Fsp3) is 0.208. The van der Waals surface area contributed by atoms with Gasteiger partial charge in [0.05, 0.1) is 17.1 Å². The highest BCUT2D eigenvalue weighted by Gasteiger charge is 2.28. The standard InChI is InChI=1S/C24H23N5O/c30-24(25-15-13-18-7-11-20(12-8-18)28-16-4-14-26-28)23-17-22(19-9-10-19)27-29(23)21-5-2-1-3-6-21/h1-8,11-12,14,16-17,19H,9-10,13,15H2,(H,25,30). The number of nitrogens with zero attached hydrogens (tertiary/aromatic N) is 4. The van der Waals surface area contributed by atoms with Crippen LogP contribution in [0, 0.1) is 0 Å². The maximum absolute atomic E-state index is 12.9. The molecule has 1 amide bonds. The highest BCUT2D eigenvalue weighted by atomic mass is 16.2. The molecule has 1 N–H and O–H groups in total. The third-order valence-corrected chi connectivity index (χ3v) is 5.36. The van der Waals surface area contributed by atoms with Gasteiger partial charge < -0.3 is 5.32 Å². The molecule has 1 fully saturated rings. The zero-order chi connectivity index (χ0) is 20.3. The fourth-order valence-corrected chi connectivity index (χ4v) is 3.55. The van der Waals surface area contributed by atoms with Crippen molar-refractivity contribution in [3.05, 3.63) is 96.1 Å². The van der Waals surface area contributed by atoms with Crippen LogP contribution < -0.4 is 5.32 Å². The van der Waals surface area contributed by atoms with Gasteiger partial charge in [0.1, 0.15) is 5.69 Å². The largest absolute Gasteiger partial charge is 0.350 e. The maximum Gasteiger partial charge on any atom is 0.270 e. The second-order valence-corrected chi connectivity index (χ2v) is 7.60. The Bertz CT molecular complexity index is 1130. The van der Waals surface area contributed by atoms with E-state index in [9.17, 15) is 4.79 Å². The van der Waals surface area contributed by atoms with Crippen LogP contribution in [0.15, 0.2) is 79.1 Å². The van der Waals surface area contributed by atoms with Gasteiger partial charge in [-0.25, -0.2) is 9.36 Å². The summed E-state index contributed by atoms with van der Waals surface area (Å²) in [5, 5.41) is 12.0. The van der Waals surface area contributed by atoms with E-state index in [1.165, 1.54) is 5.56 Å². The lowest BCUT2D eigenvalue weighted by Gasteiger charge is -2.09. The van der Waals surface area contributed by atoms with Gasteiger partial charge in [0.15, 0.2) is 0 Å². The van der Waals surface area contributed by atoms with Gasteiger partial charge in [-0.1, -0.05) is 30.3 Å². The molecule has 2 aromatic carbocycles. The molecule has 6 heteroatoms. The second-order valence-electron chi connectivity index (χ2n) is 7.60. The first-order valence-corrected chi connectivity index (χ1v) is 10.3. The van der Waals surface area contributed by atoms with E-state index in [-0.39, 0.29) is 5.91 Å². The van der Waals surface area contributed by atoms with Gasteiger partial charge >= 0.3 is 0 Å². The number of para-hydroxylation sites is 1. The van der Waals surface area contributed by atoms with E-state index >= 15 is 0 Å². The average Bonchev–Trinajstić information content (AvgIpc) is 3.31. The number of carbonyl (C=O) groups is 1. The first-order valence-electron chi connectivity index (χ1n) is 10.3. The molecule has 30 heavy (non-hydrogen) atoms. The smallest absolute Gasteiger partial charge is 0.270 e. The van der Waals surface area contributed by atoms with Gasteiger partial charge in [0, 0.05) is 24.9 Å². The number of amides is 1. The summed E-state index contributed by atoms with van der Waals surface area (Å²) in [6.07, 6.45) is 6.75. The van der Waals surface area contributed by atoms with Gasteiger partial charge in [0.25, 0.3) is 5.91 Å². The summed E-state index contributed by atoms with van der Waals surface area (Å²) < 4.78 is 3.59. The lowest BCUT2D eigenvalue weighted by atomic mass is 10.1. The first kappa shape index (κ1) is 18.4. The van der Waals surface area contributed by atoms with Crippen molar-refractivity contribution >= 4 is 5.91 Å². The van der Waals surface area contributed by atoms with Gasteiger partial charge in [-0.3, -0.25) is 4.79 Å². The Labute approximate surface area is 175 Å². The Balaban J connectivity index is 1.25. The van der Waals surface area contributed by atoms with Crippen LogP contribution in [-0.2, 0) is 6.42 Å². The molecule has 0 atom stereocenters. The van der Waals surface area contributed by atoms with E-state index in [1.54, 1.807) is 10.9 Å². The number of benzene rings is 2. The van der Waals surface area contributed by atoms with E-state index < -0.39 is 0 Å². The molecule has 0 bridgehead atoms. The summed E-state index contributed by atoms with van der Waals surface area (Å²) >= 11 is 0. The molecular weight excluding hydrogens is 374 g/mol. The third-order valence-electron chi connectivity index (χ3n) is 5.36. The van der Waals surface area contributed by atoms with Crippen LogP contribution in [-0.4, -0.2) is 32.0 Å². The molecule has 4 aromatic rings. The number of aromatic nitrogens is 4. The SMILES string of the molecule is O=C(NCCc1ccc(-n2cccn2)cc1)c1cc(C2CC2)nn1-c1ccccc1. The molecule has 1 aliphatic carbocycles. The van der Waals surface area contributed by atoms with Gasteiger partial charge in [0.2, 0.25) is 0 Å². The highest BCUT2D eigenvalue weighted by molar-refractivity contribution is 5.93. The van der Waals surface area contributed by atoms with Crippen molar-refractivity contribution in [2.24, 2.45) is 0 Å². The number of hydrogen-bond acceptors (Lipinski definition) is 3. The molecule has 2 aromatic heterocycles. The van der Waals surface area contributed by atoms with Gasteiger partial charge in [-0.05, 0) is 61.2 Å². The topological polar surface area (TPSA) is 64.7 Å². The van der Waals surface area contributed by atoms with Crippen molar-refractivity contribution in [3.63, 3.8) is 0 Å². The van der Waals surface area contributed by atoms with Crippen molar-refractivity contribution in [3.8, 4) is 11.4 Å². The summed E-state index contributed by atoms with van der Waals surface area (Å²) in [7, 11) is 0. The molecule has 0 aliphatic heterocycles. The number of hydrogen-bond donors (Lipinski definition) is 1. The van der Waals surface area contributed by atoms with E-state index in [0.29, 0.717) is 18.2 Å². The van der Waals surface area contributed by atoms with E-state index in [2.05, 4.69) is 22.5 Å². The molecule has 6 nitrogen and oxygen atoms in total. The molecule has 0 unspecified atom stereocenters. The molecule has 150 valence electrons. The summed E-state index contributed by atoms with van der Waals surface area (Å²) in [5.41, 5.74) is 4.70. The summed E-state index contributed by atoms with van der Waals surface area (Å²) in [5.74, 6) is 0.404. The minimum Gasteiger partial charge on any atom is -0.350 e. The molecular formula is C24H23N5O. The molecule has 2 heterocycles. The van der Waals surface area contributed by atoms with Crippen LogP contribution >= 0.6 is 0 Å². The molecule has 0 radical (unpaired) electrons. The normalized spacial score (nSPS) is 13.3. The van der Waals surface area contributed by atoms with E-state index in [1.807, 2.05) is 65.5 Å². The zero-order valence-corrected chi connectivity index (χ0v) is 16.6. The lowest BCUT2D eigenvalue weighted by Crippen LogP contribution is -2.27. The first-order chi connectivity index (χ1) is 14.8. The Hall–Kier alpha value is -3.67. The van der Waals surface area contributed by atoms with Crippen LogP contribution in [0.2, 0.25) is 0 Å². The summed E-state index contributed by atoms with van der Waals surface area (Å²) in [4.78, 5) is 12.9. The van der Waals surface area contributed by atoms with Crippen molar-refractivity contribution in [1.29, 1.82) is 0 Å². The molecule has 1 saturated carbocycles. The number of nitrogens with one attached hydrogen (secondary N) is 1. The Morgan fingerprint density at radius 2 is 1.80 bits per heavy atom. The molecule has 1 aliphatic rings. The highest BCUT2D eigenvalue weighted by Crippen LogP contribution is 2.39. The third kappa shape index (κ3) is 3.89. The molecule has 0 saturated heterocycles. The average molecular weight is 397 g/mol. The van der Waals surface area contributed by atoms with Crippen LogP contribution in [0.5, 0.6) is 0 Å². The van der Waals surface area contributed by atoms with Crippen molar-refractivity contribution in [1.82, 2.24) is 24.9 Å². The Morgan fingerprint density at radius 3 is 2.50 bits per heavy atom. The zero-order valence-electron chi connectivity index (χ0n) is 16.6. The number of carbonyl (C=O) groups excluding carboxylic acids is 1. The van der Waals surface area contributed by atoms with Crippen molar-refractivity contribution in [2.45, 2.75) is 25.2 Å². The minimum atomic E-state index is -0.0913. The second kappa shape index (κ2) is 7.99. The quantitative estimate of drug-likeness (QED) is 0.514. The summed E-state index contributed by atoms with van der Waals surface area (Å²) in [6.45, 7) is 0.568. The van der Waals surface area contributed by atoms with Crippen LogP contribution in [0.1, 0.15) is 40.5 Å². The Kier molecular flexibility index (Phi) is 4.89. The molecule has 0 spiro atoms. The summed E-state index contributed by atoms with van der Waals surface area (Å²) in [6, 6.07) is 21.9. The van der Waals surface area contributed by atoms with Crippen molar-refractivity contribution < 1.29 is 4.79 Å². The maximum atomic E-state index is 12.9. The predicted molar refractivity (Wildman–Crippen MR) is 115 cm³/mol. The van der Waals surface area contributed by atoms with Crippen LogP contribution in [0.25, 0.3) is 11.4 Å². The van der Waals surface area contributed by atoms with E-state index in [0.717, 1.165) is 36.3 Å². The van der Waals surface area contributed by atoms with Crippen LogP contribution in [0.4, 0.5) is 0 Å². The Morgan fingerprint density at radius 1 is 1.00 bits per heavy atom. The van der Waals surface area contributed by atoms with Gasteiger partial charge in [-0.15, -0.1) is 0 Å². The lowest BCUT2D eigenvalue weighted by molar-refractivity contribution is 0.0946. The van der Waals surface area contributed by atoms with E-state index in [4.69, 9.17) is 5.10 Å². The monoisotopic (exact) mass is 397 g/mol. The predicted octanol–water partition coefficient (Wildman–Crippen LogP) is 3.91. The van der Waals surface area contributed by atoms with Gasteiger partial charge in [-0.2, -0.15) is 10.2 Å². The number of rotatable bonds is 7. The van der Waals surface area contributed by atoms with Crippen molar-refractivity contribution in [2.75, 3.05) is 6.54 Å². The molecule has 5 rings (SSSR count). The van der Waals surface area contributed by atoms with Crippen LogP contribution in [0.3, 0.4) is 0 Å².